The van der Waals surface area contributed by atoms with E-state index in [1.165, 1.54) is 0 Å². The van der Waals surface area contributed by atoms with E-state index in [0.717, 1.165) is 23.2 Å². The Morgan fingerprint density at radius 1 is 1.05 bits per heavy atom. The highest BCUT2D eigenvalue weighted by molar-refractivity contribution is 5.90. The predicted molar refractivity (Wildman–Crippen MR) is 82.6 cm³/mol. The van der Waals surface area contributed by atoms with E-state index in [-0.39, 0.29) is 6.03 Å². The molecule has 0 aliphatic carbocycles. The van der Waals surface area contributed by atoms with Crippen molar-refractivity contribution in [3.63, 3.8) is 0 Å². The van der Waals surface area contributed by atoms with Gasteiger partial charge in [-0.3, -0.25) is 0 Å². The third-order valence-corrected chi connectivity index (χ3v) is 2.93. The van der Waals surface area contributed by atoms with Crippen LogP contribution in [-0.4, -0.2) is 6.03 Å². The summed E-state index contributed by atoms with van der Waals surface area (Å²) in [6.07, 6.45) is 2.55. The fourth-order valence-corrected chi connectivity index (χ4v) is 1.92. The maximum absolute atomic E-state index is 11.9. The SMILES string of the molecule is C=CCc1ccccc1NC(=O)NCc1ccccc1. The molecule has 3 nitrogen and oxygen atoms in total. The summed E-state index contributed by atoms with van der Waals surface area (Å²) in [6.45, 7) is 4.23. The number of amides is 2. The van der Waals surface area contributed by atoms with Crippen molar-refractivity contribution in [1.82, 2.24) is 5.32 Å². The monoisotopic (exact) mass is 266 g/mol. The molecule has 0 saturated heterocycles. The van der Waals surface area contributed by atoms with Gasteiger partial charge < -0.3 is 10.6 Å². The first-order valence-electron chi connectivity index (χ1n) is 6.57. The topological polar surface area (TPSA) is 41.1 Å². The van der Waals surface area contributed by atoms with Gasteiger partial charge in [-0.1, -0.05) is 54.6 Å². The average Bonchev–Trinajstić information content (AvgIpc) is 2.49. The second kappa shape index (κ2) is 7.14. The average molecular weight is 266 g/mol. The van der Waals surface area contributed by atoms with Crippen molar-refractivity contribution in [2.24, 2.45) is 0 Å². The number of urea groups is 1. The van der Waals surface area contributed by atoms with Crippen molar-refractivity contribution in [3.8, 4) is 0 Å². The van der Waals surface area contributed by atoms with E-state index < -0.39 is 0 Å². The standard InChI is InChI=1S/C17H18N2O/c1-2-8-15-11-6-7-12-16(15)19-17(20)18-13-14-9-4-3-5-10-14/h2-7,9-12H,1,8,13H2,(H2,18,19,20). The predicted octanol–water partition coefficient (Wildman–Crippen LogP) is 3.74. The third kappa shape index (κ3) is 3.99. The molecular formula is C17H18N2O. The molecule has 0 atom stereocenters. The first kappa shape index (κ1) is 13.9. The molecule has 0 fully saturated rings. The molecule has 0 radical (unpaired) electrons. The fourth-order valence-electron chi connectivity index (χ4n) is 1.92. The number of carbonyl (C=O) groups excluding carboxylic acids is 1. The second-order valence-electron chi connectivity index (χ2n) is 4.44. The molecule has 2 amide bonds. The Balaban J connectivity index is 1.93. The number of allylic oxidation sites excluding steroid dienone is 1. The Labute approximate surface area is 119 Å². The fraction of sp³-hybridized carbons (Fsp3) is 0.118. The lowest BCUT2D eigenvalue weighted by Gasteiger charge is -2.11. The normalized spacial score (nSPS) is 9.80. The zero-order chi connectivity index (χ0) is 14.2. The quantitative estimate of drug-likeness (QED) is 0.795. The number of benzene rings is 2. The summed E-state index contributed by atoms with van der Waals surface area (Å²) in [6, 6.07) is 17.3. The van der Waals surface area contributed by atoms with Gasteiger partial charge in [-0.25, -0.2) is 4.79 Å². The van der Waals surface area contributed by atoms with E-state index >= 15 is 0 Å². The Kier molecular flexibility index (Phi) is 4.95. The van der Waals surface area contributed by atoms with Crippen LogP contribution in [0.1, 0.15) is 11.1 Å². The second-order valence-corrected chi connectivity index (χ2v) is 4.44. The van der Waals surface area contributed by atoms with Gasteiger partial charge in [-0.05, 0) is 23.6 Å². The summed E-state index contributed by atoms with van der Waals surface area (Å²) in [7, 11) is 0. The summed E-state index contributed by atoms with van der Waals surface area (Å²) in [5, 5.41) is 5.71. The number of carbonyl (C=O) groups is 1. The van der Waals surface area contributed by atoms with Gasteiger partial charge in [-0.15, -0.1) is 6.58 Å². The van der Waals surface area contributed by atoms with E-state index in [1.807, 2.05) is 60.7 Å². The van der Waals surface area contributed by atoms with Crippen LogP contribution in [0.25, 0.3) is 0 Å². The number of hydrogen-bond donors (Lipinski definition) is 2. The zero-order valence-electron chi connectivity index (χ0n) is 11.3. The van der Waals surface area contributed by atoms with Gasteiger partial charge in [0.2, 0.25) is 0 Å². The van der Waals surface area contributed by atoms with Gasteiger partial charge in [0.25, 0.3) is 0 Å². The van der Waals surface area contributed by atoms with Crippen LogP contribution < -0.4 is 10.6 Å². The Bertz CT molecular complexity index is 579. The van der Waals surface area contributed by atoms with Crippen LogP contribution in [0.2, 0.25) is 0 Å². The van der Waals surface area contributed by atoms with E-state index in [4.69, 9.17) is 0 Å². The van der Waals surface area contributed by atoms with Gasteiger partial charge in [0.15, 0.2) is 0 Å². The third-order valence-electron chi connectivity index (χ3n) is 2.93. The van der Waals surface area contributed by atoms with E-state index in [0.29, 0.717) is 6.54 Å². The molecule has 0 aromatic heterocycles. The number of rotatable bonds is 5. The maximum Gasteiger partial charge on any atom is 0.319 e. The molecule has 0 spiro atoms. The summed E-state index contributed by atoms with van der Waals surface area (Å²) < 4.78 is 0. The van der Waals surface area contributed by atoms with Crippen LogP contribution in [0.4, 0.5) is 10.5 Å². The molecule has 2 aromatic rings. The van der Waals surface area contributed by atoms with Crippen molar-refractivity contribution in [2.75, 3.05) is 5.32 Å². The number of hydrogen-bond acceptors (Lipinski definition) is 1. The molecule has 102 valence electrons. The molecule has 0 aliphatic rings. The first-order chi connectivity index (χ1) is 9.79. The van der Waals surface area contributed by atoms with Gasteiger partial charge in [0, 0.05) is 12.2 Å². The lowest BCUT2D eigenvalue weighted by Crippen LogP contribution is -2.28. The molecular weight excluding hydrogens is 248 g/mol. The number of anilines is 1. The molecule has 3 heteroatoms. The molecule has 0 aliphatic heterocycles. The molecule has 0 heterocycles. The minimum absolute atomic E-state index is 0.203. The highest BCUT2D eigenvalue weighted by atomic mass is 16.2. The zero-order valence-corrected chi connectivity index (χ0v) is 11.3. The van der Waals surface area contributed by atoms with Gasteiger partial charge in [-0.2, -0.15) is 0 Å². The lowest BCUT2D eigenvalue weighted by molar-refractivity contribution is 0.251. The number of nitrogens with one attached hydrogen (secondary N) is 2. The molecule has 2 N–H and O–H groups in total. The molecule has 0 unspecified atom stereocenters. The van der Waals surface area contributed by atoms with Gasteiger partial charge >= 0.3 is 6.03 Å². The van der Waals surface area contributed by atoms with E-state index in [1.54, 1.807) is 0 Å². The smallest absolute Gasteiger partial charge is 0.319 e. The minimum Gasteiger partial charge on any atom is -0.334 e. The summed E-state index contributed by atoms with van der Waals surface area (Å²) in [5.74, 6) is 0. The summed E-state index contributed by atoms with van der Waals surface area (Å²) in [5.41, 5.74) is 2.94. The van der Waals surface area contributed by atoms with Crippen molar-refractivity contribution in [2.45, 2.75) is 13.0 Å². The van der Waals surface area contributed by atoms with Gasteiger partial charge in [0.1, 0.15) is 0 Å². The van der Waals surface area contributed by atoms with Crippen molar-refractivity contribution >= 4 is 11.7 Å². The van der Waals surface area contributed by atoms with Crippen LogP contribution in [0.15, 0.2) is 67.3 Å². The van der Waals surface area contributed by atoms with E-state index in [2.05, 4.69) is 17.2 Å². The van der Waals surface area contributed by atoms with Crippen molar-refractivity contribution < 1.29 is 4.79 Å². The van der Waals surface area contributed by atoms with Crippen LogP contribution in [0.5, 0.6) is 0 Å². The van der Waals surface area contributed by atoms with Gasteiger partial charge in [0.05, 0.1) is 0 Å². The first-order valence-corrected chi connectivity index (χ1v) is 6.57. The molecule has 0 bridgehead atoms. The van der Waals surface area contributed by atoms with Crippen molar-refractivity contribution in [1.29, 1.82) is 0 Å². The lowest BCUT2D eigenvalue weighted by atomic mass is 10.1. The van der Waals surface area contributed by atoms with Crippen molar-refractivity contribution in [3.05, 3.63) is 78.4 Å². The molecule has 2 rings (SSSR count). The largest absolute Gasteiger partial charge is 0.334 e. The summed E-state index contributed by atoms with van der Waals surface area (Å²) in [4.78, 5) is 11.9. The minimum atomic E-state index is -0.203. The Morgan fingerprint density at radius 3 is 2.50 bits per heavy atom. The number of para-hydroxylation sites is 1. The highest BCUT2D eigenvalue weighted by Gasteiger charge is 2.04. The van der Waals surface area contributed by atoms with Crippen LogP contribution in [0.3, 0.4) is 0 Å². The Hall–Kier alpha value is -2.55. The molecule has 20 heavy (non-hydrogen) atoms. The van der Waals surface area contributed by atoms with E-state index in [9.17, 15) is 4.79 Å². The maximum atomic E-state index is 11.9. The highest BCUT2D eigenvalue weighted by Crippen LogP contribution is 2.15. The molecule has 2 aromatic carbocycles. The summed E-state index contributed by atoms with van der Waals surface area (Å²) >= 11 is 0. The Morgan fingerprint density at radius 2 is 1.75 bits per heavy atom. The van der Waals surface area contributed by atoms with Crippen LogP contribution in [-0.2, 0) is 13.0 Å². The van der Waals surface area contributed by atoms with Crippen LogP contribution in [0, 0.1) is 0 Å². The van der Waals surface area contributed by atoms with Crippen LogP contribution >= 0.6 is 0 Å². The molecule has 0 saturated carbocycles.